The molecular weight excluding hydrogens is 354 g/mol. The summed E-state index contributed by atoms with van der Waals surface area (Å²) in [5, 5.41) is 6.96. The summed E-state index contributed by atoms with van der Waals surface area (Å²) in [4.78, 5) is 8.41. The number of nitrogens with two attached hydrogens (primary N) is 1. The zero-order chi connectivity index (χ0) is 18.5. The van der Waals surface area contributed by atoms with E-state index in [0.717, 1.165) is 5.69 Å². The molecule has 3 rings (SSSR count). The van der Waals surface area contributed by atoms with E-state index in [4.69, 9.17) is 26.8 Å². The minimum absolute atomic E-state index is 0.368. The predicted octanol–water partition coefficient (Wildman–Crippen LogP) is 4.22. The van der Waals surface area contributed by atoms with E-state index in [2.05, 4.69) is 20.6 Å². The summed E-state index contributed by atoms with van der Waals surface area (Å²) in [5.74, 6) is 2.24. The van der Waals surface area contributed by atoms with E-state index in [1.165, 1.54) is 6.33 Å². The van der Waals surface area contributed by atoms with Crippen LogP contribution in [0.25, 0.3) is 0 Å². The number of nitrogen functional groups attached to an aromatic ring is 1. The zero-order valence-electron chi connectivity index (χ0n) is 14.3. The number of nitrogens with zero attached hydrogens (tertiary/aromatic N) is 2. The van der Waals surface area contributed by atoms with Crippen molar-refractivity contribution < 1.29 is 9.47 Å². The van der Waals surface area contributed by atoms with Crippen molar-refractivity contribution >= 4 is 40.3 Å². The summed E-state index contributed by atoms with van der Waals surface area (Å²) in [7, 11) is 3.18. The molecule has 134 valence electrons. The number of rotatable bonds is 6. The molecule has 0 saturated carbocycles. The molecule has 0 aliphatic rings. The fraction of sp³-hybridized carbons (Fsp3) is 0.111. The molecule has 1 heterocycles. The van der Waals surface area contributed by atoms with E-state index < -0.39 is 0 Å². The number of benzene rings is 2. The van der Waals surface area contributed by atoms with Crippen LogP contribution in [0.3, 0.4) is 0 Å². The second-order valence-electron chi connectivity index (χ2n) is 5.31. The Balaban J connectivity index is 1.89. The van der Waals surface area contributed by atoms with Crippen LogP contribution in [0.4, 0.5) is 28.7 Å². The highest BCUT2D eigenvalue weighted by atomic mass is 35.5. The minimum Gasteiger partial charge on any atom is -0.497 e. The van der Waals surface area contributed by atoms with E-state index in [9.17, 15) is 0 Å². The molecule has 0 atom stereocenters. The van der Waals surface area contributed by atoms with E-state index >= 15 is 0 Å². The number of hydrogen-bond donors (Lipinski definition) is 3. The molecule has 3 aromatic rings. The van der Waals surface area contributed by atoms with Gasteiger partial charge in [-0.1, -0.05) is 11.6 Å². The SMILES string of the molecule is COc1ccc(OC)c(Nc2ncnc(Nc3ccc(Cl)cc3)c2N)c1. The maximum absolute atomic E-state index is 6.22. The Labute approximate surface area is 156 Å². The first kappa shape index (κ1) is 17.6. The van der Waals surface area contributed by atoms with E-state index in [-0.39, 0.29) is 0 Å². The molecule has 0 aliphatic carbocycles. The van der Waals surface area contributed by atoms with Crippen LogP contribution in [-0.4, -0.2) is 24.2 Å². The summed E-state index contributed by atoms with van der Waals surface area (Å²) in [6.45, 7) is 0. The third-order valence-corrected chi connectivity index (χ3v) is 3.90. The number of methoxy groups -OCH3 is 2. The number of nitrogens with one attached hydrogen (secondary N) is 2. The van der Waals surface area contributed by atoms with Gasteiger partial charge in [0, 0.05) is 16.8 Å². The van der Waals surface area contributed by atoms with Gasteiger partial charge in [0.15, 0.2) is 11.6 Å². The molecule has 0 bridgehead atoms. The Kier molecular flexibility index (Phi) is 5.28. The first-order valence-electron chi connectivity index (χ1n) is 7.73. The molecule has 0 unspecified atom stereocenters. The van der Waals surface area contributed by atoms with Gasteiger partial charge in [-0.05, 0) is 36.4 Å². The number of aromatic nitrogens is 2. The van der Waals surface area contributed by atoms with Crippen molar-refractivity contribution in [3.63, 3.8) is 0 Å². The Morgan fingerprint density at radius 2 is 1.62 bits per heavy atom. The summed E-state index contributed by atoms with van der Waals surface area (Å²) in [6, 6.07) is 12.6. The van der Waals surface area contributed by atoms with Crippen LogP contribution in [-0.2, 0) is 0 Å². The van der Waals surface area contributed by atoms with Gasteiger partial charge in [-0.3, -0.25) is 0 Å². The molecule has 26 heavy (non-hydrogen) atoms. The molecule has 2 aromatic carbocycles. The van der Waals surface area contributed by atoms with Crippen LogP contribution >= 0.6 is 11.6 Å². The van der Waals surface area contributed by atoms with Crippen molar-refractivity contribution in [2.45, 2.75) is 0 Å². The smallest absolute Gasteiger partial charge is 0.159 e. The number of ether oxygens (including phenoxy) is 2. The highest BCUT2D eigenvalue weighted by molar-refractivity contribution is 6.30. The topological polar surface area (TPSA) is 94.3 Å². The van der Waals surface area contributed by atoms with Crippen LogP contribution in [0.5, 0.6) is 11.5 Å². The molecule has 0 aliphatic heterocycles. The van der Waals surface area contributed by atoms with Crippen molar-refractivity contribution in [3.05, 3.63) is 53.8 Å². The maximum Gasteiger partial charge on any atom is 0.159 e. The van der Waals surface area contributed by atoms with Crippen molar-refractivity contribution in [3.8, 4) is 11.5 Å². The van der Waals surface area contributed by atoms with Gasteiger partial charge in [-0.25, -0.2) is 9.97 Å². The second-order valence-corrected chi connectivity index (χ2v) is 5.74. The Morgan fingerprint density at radius 1 is 0.923 bits per heavy atom. The minimum atomic E-state index is 0.368. The highest BCUT2D eigenvalue weighted by Gasteiger charge is 2.12. The fourth-order valence-electron chi connectivity index (χ4n) is 2.30. The zero-order valence-corrected chi connectivity index (χ0v) is 15.0. The number of halogens is 1. The van der Waals surface area contributed by atoms with Gasteiger partial charge in [0.25, 0.3) is 0 Å². The fourth-order valence-corrected chi connectivity index (χ4v) is 2.43. The average molecular weight is 372 g/mol. The molecule has 0 radical (unpaired) electrons. The lowest BCUT2D eigenvalue weighted by Gasteiger charge is -2.15. The number of anilines is 5. The number of hydrogen-bond acceptors (Lipinski definition) is 7. The molecule has 0 amide bonds. The standard InChI is InChI=1S/C18H18ClN5O2/c1-25-13-7-8-15(26-2)14(9-13)24-18-16(20)17(21-10-22-18)23-12-5-3-11(19)4-6-12/h3-10H,20H2,1-2H3,(H2,21,22,23,24). The van der Waals surface area contributed by atoms with Crippen LogP contribution in [0.15, 0.2) is 48.8 Å². The molecule has 1 aromatic heterocycles. The predicted molar refractivity (Wildman–Crippen MR) is 104 cm³/mol. The van der Waals surface area contributed by atoms with Gasteiger partial charge in [0.2, 0.25) is 0 Å². The van der Waals surface area contributed by atoms with Gasteiger partial charge < -0.3 is 25.8 Å². The third-order valence-electron chi connectivity index (χ3n) is 3.65. The van der Waals surface area contributed by atoms with Gasteiger partial charge in [-0.2, -0.15) is 0 Å². The summed E-state index contributed by atoms with van der Waals surface area (Å²) < 4.78 is 10.6. The molecular formula is C18H18ClN5O2. The van der Waals surface area contributed by atoms with Crippen molar-refractivity contribution in [1.29, 1.82) is 0 Å². The van der Waals surface area contributed by atoms with Crippen molar-refractivity contribution in [1.82, 2.24) is 9.97 Å². The van der Waals surface area contributed by atoms with Crippen molar-refractivity contribution in [2.24, 2.45) is 0 Å². The first-order chi connectivity index (χ1) is 12.6. The maximum atomic E-state index is 6.22. The molecule has 0 saturated heterocycles. The summed E-state index contributed by atoms with van der Waals surface area (Å²) >= 11 is 5.90. The lowest BCUT2D eigenvalue weighted by Crippen LogP contribution is -2.06. The van der Waals surface area contributed by atoms with E-state index in [0.29, 0.717) is 39.5 Å². The highest BCUT2D eigenvalue weighted by Crippen LogP contribution is 2.34. The molecule has 7 nitrogen and oxygen atoms in total. The first-order valence-corrected chi connectivity index (χ1v) is 8.10. The summed E-state index contributed by atoms with van der Waals surface area (Å²) in [6.07, 6.45) is 1.42. The van der Waals surface area contributed by atoms with Gasteiger partial charge >= 0.3 is 0 Å². The van der Waals surface area contributed by atoms with Crippen LogP contribution in [0, 0.1) is 0 Å². The Hall–Kier alpha value is -3.19. The van der Waals surface area contributed by atoms with Gasteiger partial charge in [0.1, 0.15) is 23.5 Å². The normalized spacial score (nSPS) is 10.3. The van der Waals surface area contributed by atoms with Gasteiger partial charge in [-0.15, -0.1) is 0 Å². The molecule has 4 N–H and O–H groups in total. The summed E-state index contributed by atoms with van der Waals surface area (Å²) in [5.41, 5.74) is 8.08. The lowest BCUT2D eigenvalue weighted by atomic mass is 10.2. The van der Waals surface area contributed by atoms with E-state index in [1.54, 1.807) is 44.6 Å². The quantitative estimate of drug-likeness (QED) is 0.597. The van der Waals surface area contributed by atoms with Crippen LogP contribution in [0.2, 0.25) is 5.02 Å². The third kappa shape index (κ3) is 3.89. The monoisotopic (exact) mass is 371 g/mol. The van der Waals surface area contributed by atoms with E-state index in [1.807, 2.05) is 12.1 Å². The molecule has 8 heteroatoms. The molecule has 0 spiro atoms. The van der Waals surface area contributed by atoms with Gasteiger partial charge in [0.05, 0.1) is 19.9 Å². The molecule has 0 fully saturated rings. The van der Waals surface area contributed by atoms with Crippen molar-refractivity contribution in [2.75, 3.05) is 30.6 Å². The second kappa shape index (κ2) is 7.79. The Bertz CT molecular complexity index is 903. The Morgan fingerprint density at radius 3 is 2.27 bits per heavy atom. The average Bonchev–Trinajstić information content (AvgIpc) is 2.66. The van der Waals surface area contributed by atoms with Crippen LogP contribution in [0.1, 0.15) is 0 Å². The van der Waals surface area contributed by atoms with Crippen LogP contribution < -0.4 is 25.8 Å². The lowest BCUT2D eigenvalue weighted by molar-refractivity contribution is 0.405. The largest absolute Gasteiger partial charge is 0.497 e.